The molecular weight excluding hydrogens is 370 g/mol. The van der Waals surface area contributed by atoms with Crippen molar-refractivity contribution in [2.75, 3.05) is 98.2 Å². The van der Waals surface area contributed by atoms with Gasteiger partial charge in [0.1, 0.15) is 0 Å². The molecule has 2 heterocycles. The van der Waals surface area contributed by atoms with Crippen LogP contribution in [0.4, 0.5) is 4.79 Å². The number of urea groups is 1. The molecule has 1 N–H and O–H groups in total. The van der Waals surface area contributed by atoms with E-state index in [1.54, 1.807) is 4.90 Å². The summed E-state index contributed by atoms with van der Waals surface area (Å²) < 4.78 is 0. The molecule has 0 aromatic carbocycles. The van der Waals surface area contributed by atoms with Gasteiger partial charge in [-0.2, -0.15) is 15.8 Å². The molecule has 29 heavy (non-hydrogen) atoms. The molecule has 0 bridgehead atoms. The maximum Gasteiger partial charge on any atom is 0.317 e. The summed E-state index contributed by atoms with van der Waals surface area (Å²) in [6.45, 7) is 11.0. The van der Waals surface area contributed by atoms with Crippen LogP contribution in [0.5, 0.6) is 0 Å². The Balaban J connectivity index is 1.64. The maximum absolute atomic E-state index is 11.6. The van der Waals surface area contributed by atoms with Crippen LogP contribution in [0.1, 0.15) is 0 Å². The molecule has 0 unspecified atom stereocenters. The van der Waals surface area contributed by atoms with Crippen LogP contribution in [0.25, 0.3) is 0 Å². The van der Waals surface area contributed by atoms with Crippen LogP contribution in [0.15, 0.2) is 0 Å². The van der Waals surface area contributed by atoms with E-state index >= 15 is 0 Å². The van der Waals surface area contributed by atoms with Crippen molar-refractivity contribution in [3.05, 3.63) is 0 Å². The van der Waals surface area contributed by atoms with Crippen molar-refractivity contribution in [1.82, 2.24) is 29.8 Å². The van der Waals surface area contributed by atoms with Crippen LogP contribution in [-0.2, 0) is 0 Å². The number of nitriles is 3. The van der Waals surface area contributed by atoms with Gasteiger partial charge in [-0.1, -0.05) is 0 Å². The molecule has 0 aromatic rings. The molecule has 0 saturated carbocycles. The van der Waals surface area contributed by atoms with Crippen LogP contribution in [-0.4, -0.2) is 129 Å². The maximum atomic E-state index is 11.6. The molecule has 2 rings (SSSR count). The van der Waals surface area contributed by atoms with Gasteiger partial charge in [0.2, 0.25) is 0 Å². The molecule has 2 fully saturated rings. The minimum atomic E-state index is 0.0457. The Kier molecular flexibility index (Phi) is 10.2. The van der Waals surface area contributed by atoms with Crippen molar-refractivity contribution in [3.63, 3.8) is 0 Å². The predicted octanol–water partition coefficient (Wildman–Crippen LogP) is -1.20. The number of rotatable bonds is 12. The van der Waals surface area contributed by atoms with E-state index in [9.17, 15) is 4.79 Å². The first-order chi connectivity index (χ1) is 14.2. The van der Waals surface area contributed by atoms with Gasteiger partial charge in [-0.3, -0.25) is 19.6 Å². The monoisotopic (exact) mass is 401 g/mol. The van der Waals surface area contributed by atoms with Crippen LogP contribution in [0, 0.1) is 34.0 Å². The second-order valence-electron chi connectivity index (χ2n) is 7.36. The third kappa shape index (κ3) is 8.23. The van der Waals surface area contributed by atoms with Crippen LogP contribution >= 0.6 is 0 Å². The summed E-state index contributed by atoms with van der Waals surface area (Å²) in [7, 11) is 0. The molecule has 0 atom stereocenters. The molecule has 2 aliphatic rings. The molecule has 10 heteroatoms. The van der Waals surface area contributed by atoms with Crippen LogP contribution < -0.4 is 5.32 Å². The van der Waals surface area contributed by atoms with E-state index in [0.29, 0.717) is 19.6 Å². The minimum Gasteiger partial charge on any atom is -0.336 e. The normalized spacial score (nSPS) is 17.9. The first-order valence-corrected chi connectivity index (χ1v) is 10.2. The second-order valence-corrected chi connectivity index (χ2v) is 7.36. The Morgan fingerprint density at radius 1 is 0.759 bits per heavy atom. The summed E-state index contributed by atoms with van der Waals surface area (Å²) in [6.07, 6.45) is 0. The number of hydrogen-bond acceptors (Lipinski definition) is 8. The highest BCUT2D eigenvalue weighted by Gasteiger charge is 2.22. The van der Waals surface area contributed by atoms with Gasteiger partial charge in [0.25, 0.3) is 0 Å². The Morgan fingerprint density at radius 3 is 1.86 bits per heavy atom. The third-order valence-electron chi connectivity index (χ3n) is 5.44. The number of hydrogen-bond donors (Lipinski definition) is 1. The van der Waals surface area contributed by atoms with Crippen molar-refractivity contribution in [2.24, 2.45) is 0 Å². The van der Waals surface area contributed by atoms with E-state index in [0.717, 1.165) is 65.4 Å². The highest BCUT2D eigenvalue weighted by Crippen LogP contribution is 2.04. The van der Waals surface area contributed by atoms with Crippen LogP contribution in [0.3, 0.4) is 0 Å². The molecule has 2 amide bonds. The lowest BCUT2D eigenvalue weighted by molar-refractivity contribution is 0.113. The van der Waals surface area contributed by atoms with Gasteiger partial charge in [0, 0.05) is 78.5 Å². The lowest BCUT2D eigenvalue weighted by atomic mass is 10.3. The highest BCUT2D eigenvalue weighted by atomic mass is 16.2. The SMILES string of the molecule is N#CCN(CC#N)CCN(CC#N)CCN1CCN(CCN2CCNC2=O)CC1. The summed E-state index contributed by atoms with van der Waals surface area (Å²) in [5.74, 6) is 0. The lowest BCUT2D eigenvalue weighted by Crippen LogP contribution is -2.50. The quantitative estimate of drug-likeness (QED) is 0.406. The topological polar surface area (TPSA) is 117 Å². The van der Waals surface area contributed by atoms with Crippen molar-refractivity contribution >= 4 is 6.03 Å². The number of carbonyl (C=O) groups is 1. The Hall–Kier alpha value is -2.42. The van der Waals surface area contributed by atoms with Crippen molar-refractivity contribution < 1.29 is 4.79 Å². The zero-order valence-corrected chi connectivity index (χ0v) is 17.1. The Labute approximate surface area is 173 Å². The summed E-state index contributed by atoms with van der Waals surface area (Å²) >= 11 is 0. The van der Waals surface area contributed by atoms with Crippen molar-refractivity contribution in [3.8, 4) is 18.2 Å². The van der Waals surface area contributed by atoms with Gasteiger partial charge in [-0.05, 0) is 0 Å². The number of amides is 2. The number of nitrogens with zero attached hydrogens (tertiary/aromatic N) is 8. The third-order valence-corrected chi connectivity index (χ3v) is 5.44. The van der Waals surface area contributed by atoms with Crippen molar-refractivity contribution in [1.29, 1.82) is 15.8 Å². The van der Waals surface area contributed by atoms with Gasteiger partial charge in [0.05, 0.1) is 37.8 Å². The van der Waals surface area contributed by atoms with Crippen molar-refractivity contribution in [2.45, 2.75) is 0 Å². The fourth-order valence-electron chi connectivity index (χ4n) is 3.57. The van der Waals surface area contributed by atoms with E-state index in [1.807, 2.05) is 4.90 Å². The first-order valence-electron chi connectivity index (χ1n) is 10.2. The molecular formula is C19H31N9O. The molecule has 0 aromatic heterocycles. The van der Waals surface area contributed by atoms with Gasteiger partial charge in [0.15, 0.2) is 0 Å². The fraction of sp³-hybridized carbons (Fsp3) is 0.789. The van der Waals surface area contributed by atoms with E-state index in [1.165, 1.54) is 0 Å². The molecule has 2 aliphatic heterocycles. The zero-order valence-electron chi connectivity index (χ0n) is 17.1. The molecule has 0 spiro atoms. The fourth-order valence-corrected chi connectivity index (χ4v) is 3.57. The molecule has 0 aliphatic carbocycles. The smallest absolute Gasteiger partial charge is 0.317 e. The van der Waals surface area contributed by atoms with Crippen LogP contribution in [0.2, 0.25) is 0 Å². The van der Waals surface area contributed by atoms with E-state index in [4.69, 9.17) is 15.8 Å². The van der Waals surface area contributed by atoms with E-state index in [2.05, 4.69) is 38.2 Å². The number of nitrogens with one attached hydrogen (secondary N) is 1. The lowest BCUT2D eigenvalue weighted by Gasteiger charge is -2.36. The van der Waals surface area contributed by atoms with E-state index in [-0.39, 0.29) is 19.1 Å². The molecule has 10 nitrogen and oxygen atoms in total. The van der Waals surface area contributed by atoms with Gasteiger partial charge in [-0.15, -0.1) is 0 Å². The predicted molar refractivity (Wildman–Crippen MR) is 108 cm³/mol. The van der Waals surface area contributed by atoms with Gasteiger partial charge >= 0.3 is 6.03 Å². The minimum absolute atomic E-state index is 0.0457. The largest absolute Gasteiger partial charge is 0.336 e. The number of carbonyl (C=O) groups excluding carboxylic acids is 1. The highest BCUT2D eigenvalue weighted by molar-refractivity contribution is 5.76. The Bertz CT molecular complexity index is 611. The first kappa shape index (κ1) is 22.9. The standard InChI is InChI=1S/C19H31N9O/c20-1-5-24(6-2-21)9-10-25(7-3-22)11-12-26-13-15-27(16-14-26)17-18-28-8-4-23-19(28)29/h4-18H2,(H,23,29). The summed E-state index contributed by atoms with van der Waals surface area (Å²) in [6, 6.07) is 6.42. The molecule has 0 radical (unpaired) electrons. The molecule has 158 valence electrons. The zero-order chi connectivity index (χ0) is 20.9. The van der Waals surface area contributed by atoms with E-state index < -0.39 is 0 Å². The average Bonchev–Trinajstić information content (AvgIpc) is 3.14. The summed E-state index contributed by atoms with van der Waals surface area (Å²) in [5, 5.41) is 29.6. The molecule has 2 saturated heterocycles. The Morgan fingerprint density at radius 2 is 1.31 bits per heavy atom. The summed E-state index contributed by atoms with van der Waals surface area (Å²) in [4.78, 5) is 22.2. The number of piperazine rings is 1. The average molecular weight is 402 g/mol. The van der Waals surface area contributed by atoms with Gasteiger partial charge in [-0.25, -0.2) is 4.79 Å². The summed E-state index contributed by atoms with van der Waals surface area (Å²) in [5.41, 5.74) is 0. The van der Waals surface area contributed by atoms with Gasteiger partial charge < -0.3 is 10.2 Å². The second kappa shape index (κ2) is 12.9.